The predicted octanol–water partition coefficient (Wildman–Crippen LogP) is 3.08. The maximum absolute atomic E-state index is 12.6. The summed E-state index contributed by atoms with van der Waals surface area (Å²) in [6.07, 6.45) is 7.58. The molecule has 0 bridgehead atoms. The number of carbonyl (C=O) groups excluding carboxylic acids is 1. The second kappa shape index (κ2) is 6.51. The van der Waals surface area contributed by atoms with Gasteiger partial charge in [0.1, 0.15) is 0 Å². The van der Waals surface area contributed by atoms with Crippen LogP contribution in [0.3, 0.4) is 0 Å². The van der Waals surface area contributed by atoms with Crippen molar-refractivity contribution in [2.24, 2.45) is 13.0 Å². The first-order valence-electron chi connectivity index (χ1n) is 7.05. The number of hydrogen-bond donors (Lipinski definition) is 0. The molecule has 0 unspecified atom stereocenters. The van der Waals surface area contributed by atoms with Gasteiger partial charge in [-0.05, 0) is 37.7 Å². The topological polar surface area (TPSA) is 25.2 Å². The molecule has 1 aliphatic rings. The Labute approximate surface area is 120 Å². The Hall–Kier alpha value is -0.900. The van der Waals surface area contributed by atoms with Crippen LogP contribution in [-0.4, -0.2) is 33.9 Å². The lowest BCUT2D eigenvalue weighted by atomic mass is 9.97. The van der Waals surface area contributed by atoms with Gasteiger partial charge in [0.25, 0.3) is 0 Å². The molecule has 1 fully saturated rings. The molecule has 19 heavy (non-hydrogen) atoms. The second-order valence-electron chi connectivity index (χ2n) is 5.44. The molecule has 0 radical (unpaired) electrons. The lowest BCUT2D eigenvalue weighted by Crippen LogP contribution is -2.42. The zero-order valence-electron chi connectivity index (χ0n) is 12.1. The van der Waals surface area contributed by atoms with Crippen LogP contribution in [-0.2, 0) is 11.8 Å². The number of aromatic nitrogens is 1. The van der Waals surface area contributed by atoms with E-state index in [0.717, 1.165) is 25.1 Å². The van der Waals surface area contributed by atoms with Gasteiger partial charge in [0.2, 0.25) is 5.91 Å². The Kier molecular flexibility index (Phi) is 4.97. The fraction of sp³-hybridized carbons (Fsp3) is 0.667. The van der Waals surface area contributed by atoms with Gasteiger partial charge in [-0.25, -0.2) is 0 Å². The first kappa shape index (κ1) is 14.5. The van der Waals surface area contributed by atoms with Crippen molar-refractivity contribution in [1.82, 2.24) is 9.47 Å². The van der Waals surface area contributed by atoms with E-state index >= 15 is 0 Å². The van der Waals surface area contributed by atoms with Crippen LogP contribution < -0.4 is 0 Å². The highest BCUT2D eigenvalue weighted by Crippen LogP contribution is 2.32. The smallest absolute Gasteiger partial charge is 0.226 e. The number of carbonyl (C=O) groups is 1. The maximum atomic E-state index is 12.6. The van der Waals surface area contributed by atoms with Crippen molar-refractivity contribution in [1.29, 1.82) is 0 Å². The van der Waals surface area contributed by atoms with E-state index in [9.17, 15) is 4.79 Å². The van der Waals surface area contributed by atoms with Gasteiger partial charge >= 0.3 is 0 Å². The Morgan fingerprint density at radius 1 is 1.53 bits per heavy atom. The lowest BCUT2D eigenvalue weighted by Gasteiger charge is -2.37. The number of nitrogens with zero attached hydrogens (tertiary/aromatic N) is 2. The number of amides is 1. The van der Waals surface area contributed by atoms with E-state index in [1.165, 1.54) is 12.1 Å². The molecule has 2 rings (SSSR count). The zero-order valence-corrected chi connectivity index (χ0v) is 12.9. The molecule has 1 aromatic heterocycles. The zero-order chi connectivity index (χ0) is 13.8. The van der Waals surface area contributed by atoms with Crippen LogP contribution in [0.4, 0.5) is 0 Å². The van der Waals surface area contributed by atoms with Crippen LogP contribution in [0.15, 0.2) is 18.3 Å². The van der Waals surface area contributed by atoms with Crippen molar-refractivity contribution in [3.05, 3.63) is 24.0 Å². The molecule has 0 spiro atoms. The first-order valence-corrected chi connectivity index (χ1v) is 8.45. The minimum absolute atomic E-state index is 0.121. The SMILES string of the molecule is CSC[C@H](C)C(=O)N1CCCC[C@@H]1c1cccn1C. The van der Waals surface area contributed by atoms with Crippen LogP contribution in [0.25, 0.3) is 0 Å². The predicted molar refractivity (Wildman–Crippen MR) is 81.3 cm³/mol. The van der Waals surface area contributed by atoms with Crippen LogP contribution >= 0.6 is 11.8 Å². The van der Waals surface area contributed by atoms with Crippen LogP contribution in [0.5, 0.6) is 0 Å². The highest BCUT2D eigenvalue weighted by atomic mass is 32.2. The number of thioether (sulfide) groups is 1. The summed E-state index contributed by atoms with van der Waals surface area (Å²) in [5.74, 6) is 1.35. The molecule has 1 saturated heterocycles. The van der Waals surface area contributed by atoms with Crippen molar-refractivity contribution in [2.75, 3.05) is 18.6 Å². The number of rotatable bonds is 4. The third kappa shape index (κ3) is 3.16. The molecule has 2 atom stereocenters. The van der Waals surface area contributed by atoms with Gasteiger partial charge in [0.05, 0.1) is 6.04 Å². The van der Waals surface area contributed by atoms with E-state index in [4.69, 9.17) is 0 Å². The Morgan fingerprint density at radius 2 is 2.32 bits per heavy atom. The highest BCUT2D eigenvalue weighted by Gasteiger charge is 2.31. The molecule has 1 amide bonds. The van der Waals surface area contributed by atoms with E-state index in [1.54, 1.807) is 11.8 Å². The minimum Gasteiger partial charge on any atom is -0.353 e. The summed E-state index contributed by atoms with van der Waals surface area (Å²) in [6, 6.07) is 4.48. The van der Waals surface area contributed by atoms with Crippen molar-refractivity contribution < 1.29 is 4.79 Å². The fourth-order valence-electron chi connectivity index (χ4n) is 2.93. The Bertz CT molecular complexity index is 430. The Balaban J connectivity index is 2.17. The standard InChI is InChI=1S/C15H24N2OS/c1-12(11-19-3)15(18)17-10-5-4-7-14(17)13-8-6-9-16(13)2/h6,8-9,12,14H,4-5,7,10-11H2,1-3H3/t12-,14+/m0/s1. The van der Waals surface area contributed by atoms with Gasteiger partial charge in [-0.1, -0.05) is 6.92 Å². The quantitative estimate of drug-likeness (QED) is 0.847. The summed E-state index contributed by atoms with van der Waals surface area (Å²) >= 11 is 1.75. The normalized spacial score (nSPS) is 21.4. The van der Waals surface area contributed by atoms with Crippen LogP contribution in [0.1, 0.15) is 37.9 Å². The molecule has 4 heteroatoms. The minimum atomic E-state index is 0.121. The van der Waals surface area contributed by atoms with Crippen molar-refractivity contribution in [3.63, 3.8) is 0 Å². The molecule has 1 aliphatic heterocycles. The number of piperidine rings is 1. The second-order valence-corrected chi connectivity index (χ2v) is 6.35. The molecule has 3 nitrogen and oxygen atoms in total. The van der Waals surface area contributed by atoms with Crippen molar-refractivity contribution in [3.8, 4) is 0 Å². The summed E-state index contributed by atoms with van der Waals surface area (Å²) in [7, 11) is 2.07. The third-order valence-corrected chi connectivity index (χ3v) is 4.78. The molecule has 0 aromatic carbocycles. The maximum Gasteiger partial charge on any atom is 0.226 e. The van der Waals surface area contributed by atoms with E-state index < -0.39 is 0 Å². The first-order chi connectivity index (χ1) is 9.15. The van der Waals surface area contributed by atoms with Gasteiger partial charge in [-0.15, -0.1) is 0 Å². The Morgan fingerprint density at radius 3 is 2.95 bits per heavy atom. The summed E-state index contributed by atoms with van der Waals surface area (Å²) < 4.78 is 2.15. The van der Waals surface area contributed by atoms with Gasteiger partial charge in [-0.2, -0.15) is 11.8 Å². The monoisotopic (exact) mass is 280 g/mol. The lowest BCUT2D eigenvalue weighted by molar-refractivity contribution is -0.138. The molecule has 0 N–H and O–H groups in total. The average Bonchev–Trinajstić information content (AvgIpc) is 2.84. The summed E-state index contributed by atoms with van der Waals surface area (Å²) in [5.41, 5.74) is 1.27. The van der Waals surface area contributed by atoms with E-state index in [1.807, 2.05) is 0 Å². The van der Waals surface area contributed by atoms with Gasteiger partial charge < -0.3 is 9.47 Å². The summed E-state index contributed by atoms with van der Waals surface area (Å²) in [5, 5.41) is 0. The molecule has 106 valence electrons. The number of aryl methyl sites for hydroxylation is 1. The molecular weight excluding hydrogens is 256 g/mol. The van der Waals surface area contributed by atoms with E-state index in [-0.39, 0.29) is 12.0 Å². The van der Waals surface area contributed by atoms with E-state index in [0.29, 0.717) is 5.91 Å². The largest absolute Gasteiger partial charge is 0.353 e. The number of hydrogen-bond acceptors (Lipinski definition) is 2. The van der Waals surface area contributed by atoms with Crippen LogP contribution in [0.2, 0.25) is 0 Å². The van der Waals surface area contributed by atoms with Gasteiger partial charge in [-0.3, -0.25) is 4.79 Å². The van der Waals surface area contributed by atoms with E-state index in [2.05, 4.69) is 48.0 Å². The molecule has 0 saturated carbocycles. The number of likely N-dealkylation sites (tertiary alicyclic amines) is 1. The van der Waals surface area contributed by atoms with Gasteiger partial charge in [0.15, 0.2) is 0 Å². The van der Waals surface area contributed by atoms with Crippen molar-refractivity contribution >= 4 is 17.7 Å². The molecule has 1 aromatic rings. The third-order valence-electron chi connectivity index (χ3n) is 3.95. The average molecular weight is 280 g/mol. The molecule has 2 heterocycles. The van der Waals surface area contributed by atoms with Crippen molar-refractivity contribution in [2.45, 2.75) is 32.2 Å². The summed E-state index contributed by atoms with van der Waals surface area (Å²) in [6.45, 7) is 2.96. The fourth-order valence-corrected chi connectivity index (χ4v) is 3.57. The summed E-state index contributed by atoms with van der Waals surface area (Å²) in [4.78, 5) is 14.7. The van der Waals surface area contributed by atoms with Gasteiger partial charge in [0, 0.05) is 37.2 Å². The van der Waals surface area contributed by atoms with Crippen LogP contribution in [0, 0.1) is 5.92 Å². The molecule has 0 aliphatic carbocycles. The molecular formula is C15H24N2OS. The highest BCUT2D eigenvalue weighted by molar-refractivity contribution is 7.98.